The third-order valence-electron chi connectivity index (χ3n) is 1.73. The van der Waals surface area contributed by atoms with Crippen molar-refractivity contribution in [3.8, 4) is 0 Å². The number of thiazole rings is 1. The second-order valence-electron chi connectivity index (χ2n) is 2.99. The Balaban J connectivity index is 2.08. The van der Waals surface area contributed by atoms with Crippen molar-refractivity contribution in [1.29, 1.82) is 0 Å². The molecule has 1 aromatic heterocycles. The van der Waals surface area contributed by atoms with Crippen LogP contribution in [0.5, 0.6) is 0 Å². The van der Waals surface area contributed by atoms with E-state index in [1.165, 1.54) is 11.3 Å². The van der Waals surface area contributed by atoms with Crippen LogP contribution in [-0.4, -0.2) is 37.7 Å². The van der Waals surface area contributed by atoms with Crippen molar-refractivity contribution >= 4 is 34.0 Å². The number of carbonyl (C=O) groups excluding carboxylic acids is 1. The summed E-state index contributed by atoms with van der Waals surface area (Å²) in [7, 11) is 1.60. The first-order chi connectivity index (χ1) is 7.72. The van der Waals surface area contributed by atoms with Crippen LogP contribution >= 0.6 is 22.9 Å². The molecule has 0 saturated heterocycles. The Labute approximate surface area is 103 Å². The lowest BCUT2D eigenvalue weighted by Crippen LogP contribution is -2.28. The minimum Gasteiger partial charge on any atom is -0.383 e. The van der Waals surface area contributed by atoms with Crippen LogP contribution in [0.2, 0.25) is 5.15 Å². The number of rotatable bonds is 7. The van der Waals surface area contributed by atoms with Crippen LogP contribution in [0, 0.1) is 0 Å². The Hall–Kier alpha value is -0.850. The lowest BCUT2D eigenvalue weighted by Gasteiger charge is -2.04. The molecule has 0 aliphatic carbocycles. The zero-order valence-electron chi connectivity index (χ0n) is 8.96. The molecule has 1 rings (SSSR count). The molecule has 0 unspecified atom stereocenters. The Bertz CT molecular complexity index is 332. The molecule has 5 nitrogen and oxygen atoms in total. The van der Waals surface area contributed by atoms with Gasteiger partial charge in [0.05, 0.1) is 6.61 Å². The molecular weight excluding hydrogens is 250 g/mol. The van der Waals surface area contributed by atoms with E-state index in [-0.39, 0.29) is 5.91 Å². The van der Waals surface area contributed by atoms with Crippen LogP contribution in [0.4, 0.5) is 5.13 Å². The van der Waals surface area contributed by atoms with Crippen molar-refractivity contribution in [2.45, 2.75) is 6.42 Å². The monoisotopic (exact) mass is 263 g/mol. The van der Waals surface area contributed by atoms with Crippen LogP contribution in [0.25, 0.3) is 0 Å². The molecule has 0 aliphatic heterocycles. The third-order valence-corrected chi connectivity index (χ3v) is 2.86. The summed E-state index contributed by atoms with van der Waals surface area (Å²) in [6.07, 6.45) is 0.404. The highest BCUT2D eigenvalue weighted by atomic mass is 35.5. The Morgan fingerprint density at radius 2 is 2.44 bits per heavy atom. The lowest BCUT2D eigenvalue weighted by molar-refractivity contribution is -0.121. The fourth-order valence-electron chi connectivity index (χ4n) is 0.999. The molecule has 0 saturated carbocycles. The maximum atomic E-state index is 11.3. The van der Waals surface area contributed by atoms with Crippen molar-refractivity contribution in [2.24, 2.45) is 0 Å². The zero-order chi connectivity index (χ0) is 11.8. The first kappa shape index (κ1) is 13.2. The van der Waals surface area contributed by atoms with E-state index in [1.807, 2.05) is 0 Å². The number of halogens is 1. The van der Waals surface area contributed by atoms with Crippen molar-refractivity contribution < 1.29 is 9.53 Å². The van der Waals surface area contributed by atoms with Gasteiger partial charge in [0, 0.05) is 32.0 Å². The molecular formula is C9H14ClN3O2S. The molecule has 0 aliphatic rings. The number of ether oxygens (including phenoxy) is 1. The van der Waals surface area contributed by atoms with Crippen molar-refractivity contribution in [3.05, 3.63) is 10.5 Å². The Kier molecular flexibility index (Phi) is 6.14. The van der Waals surface area contributed by atoms with E-state index < -0.39 is 0 Å². The Morgan fingerprint density at radius 1 is 1.62 bits per heavy atom. The van der Waals surface area contributed by atoms with Gasteiger partial charge in [-0.05, 0) is 0 Å². The molecule has 0 bridgehead atoms. The van der Waals surface area contributed by atoms with Gasteiger partial charge in [-0.1, -0.05) is 11.6 Å². The molecule has 0 radical (unpaired) electrons. The highest BCUT2D eigenvalue weighted by molar-refractivity contribution is 7.14. The van der Waals surface area contributed by atoms with Gasteiger partial charge in [-0.15, -0.1) is 11.3 Å². The van der Waals surface area contributed by atoms with E-state index in [2.05, 4.69) is 15.6 Å². The van der Waals surface area contributed by atoms with Gasteiger partial charge in [0.1, 0.15) is 5.15 Å². The summed E-state index contributed by atoms with van der Waals surface area (Å²) in [6, 6.07) is 0. The average molecular weight is 264 g/mol. The van der Waals surface area contributed by atoms with Crippen molar-refractivity contribution in [2.75, 3.05) is 32.1 Å². The van der Waals surface area contributed by atoms with Crippen LogP contribution in [0.1, 0.15) is 6.42 Å². The van der Waals surface area contributed by atoms with Crippen molar-refractivity contribution in [3.63, 3.8) is 0 Å². The second kappa shape index (κ2) is 7.43. The molecule has 1 amide bonds. The predicted molar refractivity (Wildman–Crippen MR) is 65.1 cm³/mol. The molecule has 0 fully saturated rings. The summed E-state index contributed by atoms with van der Waals surface area (Å²) < 4.78 is 4.82. The fraction of sp³-hybridized carbons (Fsp3) is 0.556. The summed E-state index contributed by atoms with van der Waals surface area (Å²) in [4.78, 5) is 15.3. The topological polar surface area (TPSA) is 63.2 Å². The number of hydrogen-bond donors (Lipinski definition) is 2. The minimum atomic E-state index is -0.00722. The van der Waals surface area contributed by atoms with Crippen LogP contribution in [-0.2, 0) is 9.53 Å². The first-order valence-electron chi connectivity index (χ1n) is 4.83. The summed E-state index contributed by atoms with van der Waals surface area (Å²) in [6.45, 7) is 1.61. The highest BCUT2D eigenvalue weighted by Gasteiger charge is 2.02. The normalized spacial score (nSPS) is 10.1. The molecule has 2 N–H and O–H groups in total. The molecule has 90 valence electrons. The van der Waals surface area contributed by atoms with E-state index in [1.54, 1.807) is 12.5 Å². The van der Waals surface area contributed by atoms with E-state index in [4.69, 9.17) is 16.3 Å². The van der Waals surface area contributed by atoms with Gasteiger partial charge >= 0.3 is 0 Å². The SMILES string of the molecule is COCCNC(=O)CCNc1nc(Cl)cs1. The maximum Gasteiger partial charge on any atom is 0.221 e. The molecule has 0 atom stereocenters. The van der Waals surface area contributed by atoms with E-state index in [9.17, 15) is 4.79 Å². The maximum absolute atomic E-state index is 11.3. The lowest BCUT2D eigenvalue weighted by atomic mass is 10.4. The van der Waals surface area contributed by atoms with Crippen molar-refractivity contribution in [1.82, 2.24) is 10.3 Å². The largest absolute Gasteiger partial charge is 0.383 e. The number of amides is 1. The van der Waals surface area contributed by atoms with E-state index in [0.717, 1.165) is 5.13 Å². The standard InChI is InChI=1S/C9H14ClN3O2S/c1-15-5-4-11-8(14)2-3-12-9-13-7(10)6-16-9/h6H,2-5H2,1H3,(H,11,14)(H,12,13). The van der Waals surface area contributed by atoms with Gasteiger partial charge in [0.15, 0.2) is 5.13 Å². The minimum absolute atomic E-state index is 0.00722. The van der Waals surface area contributed by atoms with E-state index in [0.29, 0.717) is 31.3 Å². The number of hydrogen-bond acceptors (Lipinski definition) is 5. The third kappa shape index (κ3) is 5.29. The molecule has 1 heterocycles. The van der Waals surface area contributed by atoms with Gasteiger partial charge < -0.3 is 15.4 Å². The quantitative estimate of drug-likeness (QED) is 0.729. The molecule has 0 spiro atoms. The van der Waals surface area contributed by atoms with Crippen LogP contribution in [0.15, 0.2) is 5.38 Å². The predicted octanol–water partition coefficient (Wildman–Crippen LogP) is 1.36. The molecule has 16 heavy (non-hydrogen) atoms. The molecule has 1 aromatic rings. The van der Waals surface area contributed by atoms with Gasteiger partial charge in [-0.2, -0.15) is 0 Å². The van der Waals surface area contributed by atoms with Crippen LogP contribution < -0.4 is 10.6 Å². The fourth-order valence-corrected chi connectivity index (χ4v) is 1.87. The summed E-state index contributed by atoms with van der Waals surface area (Å²) in [5.41, 5.74) is 0. The second-order valence-corrected chi connectivity index (χ2v) is 4.24. The number of nitrogens with one attached hydrogen (secondary N) is 2. The zero-order valence-corrected chi connectivity index (χ0v) is 10.5. The Morgan fingerprint density at radius 3 is 3.06 bits per heavy atom. The molecule has 0 aromatic carbocycles. The van der Waals surface area contributed by atoms with E-state index >= 15 is 0 Å². The van der Waals surface area contributed by atoms with Gasteiger partial charge in [-0.25, -0.2) is 4.98 Å². The average Bonchev–Trinajstić information content (AvgIpc) is 2.65. The number of carbonyl (C=O) groups is 1. The number of anilines is 1. The number of methoxy groups -OCH3 is 1. The number of aromatic nitrogens is 1. The summed E-state index contributed by atoms with van der Waals surface area (Å²) in [5, 5.41) is 8.69. The molecule has 7 heteroatoms. The smallest absolute Gasteiger partial charge is 0.221 e. The van der Waals surface area contributed by atoms with Gasteiger partial charge in [0.2, 0.25) is 5.91 Å². The summed E-state index contributed by atoms with van der Waals surface area (Å²) in [5.74, 6) is -0.00722. The first-order valence-corrected chi connectivity index (χ1v) is 6.08. The van der Waals surface area contributed by atoms with Gasteiger partial charge in [-0.3, -0.25) is 4.79 Å². The van der Waals surface area contributed by atoms with Crippen LogP contribution in [0.3, 0.4) is 0 Å². The number of nitrogens with zero attached hydrogens (tertiary/aromatic N) is 1. The summed E-state index contributed by atoms with van der Waals surface area (Å²) >= 11 is 7.07. The highest BCUT2D eigenvalue weighted by Crippen LogP contribution is 2.18. The van der Waals surface area contributed by atoms with Gasteiger partial charge in [0.25, 0.3) is 0 Å².